The van der Waals surface area contributed by atoms with Gasteiger partial charge in [-0.15, -0.1) is 0 Å². The molecule has 102 valence electrons. The summed E-state index contributed by atoms with van der Waals surface area (Å²) in [5.41, 5.74) is 0. The molecule has 1 fully saturated rings. The highest BCUT2D eigenvalue weighted by Gasteiger charge is 2.31. The van der Waals surface area contributed by atoms with E-state index in [0.29, 0.717) is 13.1 Å². The minimum atomic E-state index is -1.01. The number of rotatable bonds is 5. The molecule has 2 amide bonds. The molecule has 1 N–H and O–H groups in total. The van der Waals surface area contributed by atoms with Crippen molar-refractivity contribution in [3.8, 4) is 0 Å². The largest absolute Gasteiger partial charge is 0.466 e. The molecule has 7 heteroatoms. The van der Waals surface area contributed by atoms with Crippen LogP contribution < -0.4 is 0 Å². The van der Waals surface area contributed by atoms with E-state index in [-0.39, 0.29) is 19.6 Å². The lowest BCUT2D eigenvalue weighted by molar-refractivity contribution is -0.156. The molecule has 0 aromatic rings. The molecule has 0 aliphatic carbocycles. The number of aliphatic hydroxyl groups is 1. The van der Waals surface area contributed by atoms with Gasteiger partial charge in [-0.2, -0.15) is 0 Å². The highest BCUT2D eigenvalue weighted by molar-refractivity contribution is 6.35. The molecule has 1 saturated heterocycles. The molecule has 0 bridgehead atoms. The van der Waals surface area contributed by atoms with Crippen molar-refractivity contribution in [2.45, 2.75) is 19.4 Å². The third kappa shape index (κ3) is 3.69. The van der Waals surface area contributed by atoms with Gasteiger partial charge in [0.1, 0.15) is 0 Å². The predicted molar refractivity (Wildman–Crippen MR) is 61.5 cm³/mol. The Labute approximate surface area is 105 Å². The van der Waals surface area contributed by atoms with Crippen LogP contribution in [0.5, 0.6) is 0 Å². The lowest BCUT2D eigenvalue weighted by Crippen LogP contribution is -2.54. The van der Waals surface area contributed by atoms with E-state index in [4.69, 9.17) is 0 Å². The van der Waals surface area contributed by atoms with E-state index < -0.39 is 23.9 Å². The number of amides is 2. The lowest BCUT2D eigenvalue weighted by Gasteiger charge is -2.32. The fourth-order valence-corrected chi connectivity index (χ4v) is 1.68. The monoisotopic (exact) mass is 258 g/mol. The van der Waals surface area contributed by atoms with Crippen molar-refractivity contribution in [2.75, 3.05) is 33.3 Å². The second-order valence-electron chi connectivity index (χ2n) is 4.14. The van der Waals surface area contributed by atoms with Crippen LogP contribution in [0.3, 0.4) is 0 Å². The molecule has 0 aromatic carbocycles. The van der Waals surface area contributed by atoms with Crippen LogP contribution in [-0.4, -0.2) is 72.1 Å². The minimum absolute atomic E-state index is 0.0305. The second-order valence-corrected chi connectivity index (χ2v) is 4.14. The van der Waals surface area contributed by atoms with Gasteiger partial charge < -0.3 is 19.6 Å². The molecular formula is C11H18N2O5. The first-order valence-electron chi connectivity index (χ1n) is 5.83. The summed E-state index contributed by atoms with van der Waals surface area (Å²) in [6.07, 6.45) is -1.19. The zero-order chi connectivity index (χ0) is 13.7. The van der Waals surface area contributed by atoms with E-state index in [0.717, 1.165) is 0 Å². The first-order chi connectivity index (χ1) is 8.45. The molecule has 1 aliphatic rings. The number of β-amino-alcohol motifs (C(OH)–C–C–N with tert-alkyl or cyclic N) is 1. The Morgan fingerprint density at radius 3 is 2.67 bits per heavy atom. The summed E-state index contributed by atoms with van der Waals surface area (Å²) in [7, 11) is 1.55. The Morgan fingerprint density at radius 2 is 2.06 bits per heavy atom. The van der Waals surface area contributed by atoms with E-state index in [1.165, 1.54) is 9.80 Å². The fraction of sp³-hybridized carbons (Fsp3) is 0.727. The summed E-state index contributed by atoms with van der Waals surface area (Å²) in [5, 5.41) is 9.65. The van der Waals surface area contributed by atoms with Crippen LogP contribution >= 0.6 is 0 Å². The number of aliphatic hydroxyl groups excluding tert-OH is 1. The van der Waals surface area contributed by atoms with Gasteiger partial charge in [0, 0.05) is 26.7 Å². The Morgan fingerprint density at radius 1 is 1.39 bits per heavy atom. The Balaban J connectivity index is 2.45. The molecule has 0 aromatic heterocycles. The zero-order valence-electron chi connectivity index (χ0n) is 10.6. The van der Waals surface area contributed by atoms with Crippen LogP contribution in [0.15, 0.2) is 0 Å². The van der Waals surface area contributed by atoms with Crippen molar-refractivity contribution in [3.05, 3.63) is 0 Å². The van der Waals surface area contributed by atoms with Crippen LogP contribution in [0.4, 0.5) is 0 Å². The molecule has 18 heavy (non-hydrogen) atoms. The number of nitrogens with zero attached hydrogens (tertiary/aromatic N) is 2. The summed E-state index contributed by atoms with van der Waals surface area (Å²) in [4.78, 5) is 36.7. The van der Waals surface area contributed by atoms with Gasteiger partial charge in [0.25, 0.3) is 0 Å². The van der Waals surface area contributed by atoms with Gasteiger partial charge in [-0.1, -0.05) is 0 Å². The van der Waals surface area contributed by atoms with Crippen LogP contribution in [0.25, 0.3) is 0 Å². The summed E-state index contributed by atoms with van der Waals surface area (Å²) < 4.78 is 4.69. The predicted octanol–water partition coefficient (Wildman–Crippen LogP) is -1.40. The van der Waals surface area contributed by atoms with Gasteiger partial charge in [-0.05, 0) is 6.92 Å². The van der Waals surface area contributed by atoms with Gasteiger partial charge >= 0.3 is 17.8 Å². The molecule has 1 atom stereocenters. The van der Waals surface area contributed by atoms with E-state index >= 15 is 0 Å². The third-order valence-electron chi connectivity index (χ3n) is 2.66. The third-order valence-corrected chi connectivity index (χ3v) is 2.66. The van der Waals surface area contributed by atoms with Crippen molar-refractivity contribution in [3.63, 3.8) is 0 Å². The van der Waals surface area contributed by atoms with Crippen LogP contribution in [0.1, 0.15) is 13.3 Å². The maximum absolute atomic E-state index is 11.6. The highest BCUT2D eigenvalue weighted by atomic mass is 16.5. The Kier molecular flexibility index (Phi) is 5.08. The molecule has 1 aliphatic heterocycles. The fourth-order valence-electron chi connectivity index (χ4n) is 1.68. The molecule has 0 radical (unpaired) electrons. The number of carbonyl (C=O) groups is 3. The van der Waals surface area contributed by atoms with Crippen molar-refractivity contribution >= 4 is 17.8 Å². The van der Waals surface area contributed by atoms with Crippen molar-refractivity contribution in [1.82, 2.24) is 9.80 Å². The standard InChI is InChI=1S/C11H18N2O5/c1-3-18-9(15)6-8(14)7-13-5-4-12(2)10(16)11(13)17/h8,14H,3-7H2,1-2H3. The first kappa shape index (κ1) is 14.4. The number of ether oxygens (including phenoxy) is 1. The smallest absolute Gasteiger partial charge is 0.312 e. The maximum atomic E-state index is 11.6. The summed E-state index contributed by atoms with van der Waals surface area (Å²) >= 11 is 0. The topological polar surface area (TPSA) is 87.2 Å². The van der Waals surface area contributed by atoms with Crippen LogP contribution in [0.2, 0.25) is 0 Å². The lowest BCUT2D eigenvalue weighted by atomic mass is 10.2. The molecule has 0 saturated carbocycles. The first-order valence-corrected chi connectivity index (χ1v) is 5.83. The van der Waals surface area contributed by atoms with E-state index in [2.05, 4.69) is 4.74 Å². The summed E-state index contributed by atoms with van der Waals surface area (Å²) in [6.45, 7) is 2.68. The van der Waals surface area contributed by atoms with Gasteiger partial charge in [0.15, 0.2) is 0 Å². The van der Waals surface area contributed by atoms with Crippen molar-refractivity contribution < 1.29 is 24.2 Å². The van der Waals surface area contributed by atoms with E-state index in [1.54, 1.807) is 14.0 Å². The minimum Gasteiger partial charge on any atom is -0.466 e. The SMILES string of the molecule is CCOC(=O)CC(O)CN1CCN(C)C(=O)C1=O. The van der Waals surface area contributed by atoms with Crippen molar-refractivity contribution in [1.29, 1.82) is 0 Å². The molecule has 7 nitrogen and oxygen atoms in total. The summed E-state index contributed by atoms with van der Waals surface area (Å²) in [5.74, 6) is -1.76. The van der Waals surface area contributed by atoms with Gasteiger partial charge in [0.05, 0.1) is 19.1 Å². The normalized spacial score (nSPS) is 17.9. The zero-order valence-corrected chi connectivity index (χ0v) is 10.6. The van der Waals surface area contributed by atoms with Gasteiger partial charge in [-0.25, -0.2) is 0 Å². The van der Waals surface area contributed by atoms with E-state index in [9.17, 15) is 19.5 Å². The maximum Gasteiger partial charge on any atom is 0.312 e. The van der Waals surface area contributed by atoms with E-state index in [1.807, 2.05) is 0 Å². The molecular weight excluding hydrogens is 240 g/mol. The average molecular weight is 258 g/mol. The number of esters is 1. The number of hydrogen-bond donors (Lipinski definition) is 1. The van der Waals surface area contributed by atoms with Crippen LogP contribution in [0, 0.1) is 0 Å². The van der Waals surface area contributed by atoms with Crippen molar-refractivity contribution in [2.24, 2.45) is 0 Å². The number of hydrogen-bond acceptors (Lipinski definition) is 5. The molecule has 1 unspecified atom stereocenters. The van der Waals surface area contributed by atoms with Gasteiger partial charge in [-0.3, -0.25) is 14.4 Å². The Bertz CT molecular complexity index is 344. The summed E-state index contributed by atoms with van der Waals surface area (Å²) in [6, 6.07) is 0. The number of piperazine rings is 1. The molecule has 1 rings (SSSR count). The molecule has 1 heterocycles. The quantitative estimate of drug-likeness (QED) is 0.484. The number of likely N-dealkylation sites (N-methyl/N-ethyl adjacent to an activating group) is 1. The Hall–Kier alpha value is -1.63. The van der Waals surface area contributed by atoms with Crippen LogP contribution in [-0.2, 0) is 19.1 Å². The highest BCUT2D eigenvalue weighted by Crippen LogP contribution is 2.06. The molecule has 0 spiro atoms. The number of carbonyl (C=O) groups excluding carboxylic acids is 3. The van der Waals surface area contributed by atoms with Gasteiger partial charge in [0.2, 0.25) is 0 Å². The second kappa shape index (κ2) is 6.34. The average Bonchev–Trinajstić information content (AvgIpc) is 2.30.